The van der Waals surface area contributed by atoms with Gasteiger partial charge in [-0.25, -0.2) is 9.98 Å². The number of hydrogen-bond donors (Lipinski definition) is 2. The van der Waals surface area contributed by atoms with E-state index in [2.05, 4.69) is 150 Å². The average Bonchev–Trinajstić information content (AvgIpc) is 3.42. The molecule has 72 heavy (non-hydrogen) atoms. The van der Waals surface area contributed by atoms with Gasteiger partial charge in [0.15, 0.2) is 17.7 Å². The molecule has 0 saturated carbocycles. The maximum Gasteiger partial charge on any atom is 0.211 e. The van der Waals surface area contributed by atoms with Crippen molar-refractivity contribution < 1.29 is 14.2 Å². The summed E-state index contributed by atoms with van der Waals surface area (Å²) in [5.74, 6) is 4.44. The molecule has 3 aromatic rings. The number of benzene rings is 3. The number of fused-ring (bicyclic) bond motifs is 2. The number of anilines is 2. The molecule has 6 aliphatic rings. The van der Waals surface area contributed by atoms with E-state index in [0.29, 0.717) is 30.5 Å². The molecule has 2 heterocycles. The lowest BCUT2D eigenvalue weighted by molar-refractivity contribution is 0.142. The van der Waals surface area contributed by atoms with Gasteiger partial charge in [0.25, 0.3) is 0 Å². The largest absolute Gasteiger partial charge is 0.495 e. The van der Waals surface area contributed by atoms with Gasteiger partial charge in [0.1, 0.15) is 23.5 Å². The standard InChI is InChI=1S/C63H66N6O3/c1-7-10-30-52(71-45(5)53-31-16-14-25-46(53)22-8-2)43-64-50-39-36-49(37-40-50)62-65-61(66-63(67-62)69-55-33-18-19-35-58(55)72-59-48(23-9-3)27-20-34-57(59)69)44(4)24-21-42-68(51-28-12-11-13-29-51)56-41-38-47-26-15-17-32-54(47)60(56)70-6/h7-10,12,14-16,18-31,33-36,39-40,43,45,49,62,64H,1,4,11,13,17,32,37-38,41-42H2,2-3,5-6H3,(H,65,66,67)/b22-8-,23-9-,24-21-,30-10-,52-43-/t45?,49-,62?/m1/s1. The number of allylic oxidation sites excluding steroid dienone is 15. The smallest absolute Gasteiger partial charge is 0.211 e. The first-order chi connectivity index (χ1) is 35.4. The van der Waals surface area contributed by atoms with Crippen molar-refractivity contribution in [1.29, 1.82) is 0 Å². The van der Waals surface area contributed by atoms with Crippen LogP contribution in [0.1, 0.15) is 88.5 Å². The highest BCUT2D eigenvalue weighted by atomic mass is 16.5. The van der Waals surface area contributed by atoms with E-state index < -0.39 is 6.17 Å². The fourth-order valence-corrected chi connectivity index (χ4v) is 9.94. The summed E-state index contributed by atoms with van der Waals surface area (Å²) in [5.41, 5.74) is 11.8. The SMILES string of the molecule is C=C/C=C\C(=C\NC1=CC[C@H](C2N=C(C(=C)/C=C\CN(C3=CCCC=C3)C3=C(OC)C4=C(C=CCC4)CC3)NC(N3c4ccccc4Oc4c(/C=C\C)cccc43)=N2)C=C1)OC(C)c1ccccc1/C=C\C. The molecule has 4 aliphatic carbocycles. The maximum absolute atomic E-state index is 6.63. The van der Waals surface area contributed by atoms with Crippen LogP contribution in [0.5, 0.6) is 11.5 Å². The Morgan fingerprint density at radius 2 is 1.71 bits per heavy atom. The van der Waals surface area contributed by atoms with Crippen LogP contribution in [0.15, 0.2) is 233 Å². The number of nitrogens with zero attached hydrogens (tertiary/aromatic N) is 4. The number of rotatable bonds is 17. The van der Waals surface area contributed by atoms with Crippen molar-refractivity contribution in [1.82, 2.24) is 15.5 Å². The van der Waals surface area contributed by atoms with Gasteiger partial charge >= 0.3 is 0 Å². The predicted octanol–water partition coefficient (Wildman–Crippen LogP) is 15.0. The summed E-state index contributed by atoms with van der Waals surface area (Å²) in [6, 6.07) is 22.6. The Morgan fingerprint density at radius 1 is 0.903 bits per heavy atom. The van der Waals surface area contributed by atoms with Crippen molar-refractivity contribution in [2.24, 2.45) is 15.9 Å². The van der Waals surface area contributed by atoms with E-state index in [1.807, 2.05) is 81.8 Å². The lowest BCUT2D eigenvalue weighted by Crippen LogP contribution is -2.47. The zero-order valence-corrected chi connectivity index (χ0v) is 42.1. The molecule has 3 atom stereocenters. The second kappa shape index (κ2) is 23.3. The minimum Gasteiger partial charge on any atom is -0.495 e. The second-order valence-corrected chi connectivity index (χ2v) is 18.2. The highest BCUT2D eigenvalue weighted by molar-refractivity contribution is 6.18. The average molecular weight is 955 g/mol. The molecule has 9 nitrogen and oxygen atoms in total. The van der Waals surface area contributed by atoms with Crippen LogP contribution in [0.25, 0.3) is 12.2 Å². The highest BCUT2D eigenvalue weighted by Crippen LogP contribution is 2.49. The Kier molecular flexibility index (Phi) is 15.8. The van der Waals surface area contributed by atoms with Crippen LogP contribution in [0.2, 0.25) is 0 Å². The van der Waals surface area contributed by atoms with Crippen LogP contribution in [-0.4, -0.2) is 36.5 Å². The van der Waals surface area contributed by atoms with Gasteiger partial charge in [-0.15, -0.1) is 0 Å². The van der Waals surface area contributed by atoms with Gasteiger partial charge in [0.2, 0.25) is 5.96 Å². The predicted molar refractivity (Wildman–Crippen MR) is 298 cm³/mol. The molecule has 9 heteroatoms. The fourth-order valence-electron chi connectivity index (χ4n) is 9.94. The van der Waals surface area contributed by atoms with E-state index >= 15 is 0 Å². The van der Waals surface area contributed by atoms with Crippen molar-refractivity contribution in [2.75, 3.05) is 18.6 Å². The van der Waals surface area contributed by atoms with Gasteiger partial charge in [-0.3, -0.25) is 4.90 Å². The third kappa shape index (κ3) is 11.0. The zero-order chi connectivity index (χ0) is 49.8. The molecule has 0 saturated heterocycles. The first kappa shape index (κ1) is 49.0. The summed E-state index contributed by atoms with van der Waals surface area (Å²) in [5, 5.41) is 7.17. The molecule has 366 valence electrons. The summed E-state index contributed by atoms with van der Waals surface area (Å²) >= 11 is 0. The molecular weight excluding hydrogens is 889 g/mol. The van der Waals surface area contributed by atoms with Crippen LogP contribution in [-0.2, 0) is 9.47 Å². The van der Waals surface area contributed by atoms with E-state index in [1.54, 1.807) is 6.08 Å². The van der Waals surface area contributed by atoms with Crippen LogP contribution in [0.4, 0.5) is 11.4 Å². The van der Waals surface area contributed by atoms with E-state index in [9.17, 15) is 0 Å². The molecule has 0 spiro atoms. The molecule has 0 fully saturated rings. The lowest BCUT2D eigenvalue weighted by atomic mass is 9.87. The number of methoxy groups -OCH3 is 1. The Morgan fingerprint density at radius 3 is 2.51 bits per heavy atom. The monoisotopic (exact) mass is 955 g/mol. The molecule has 0 bridgehead atoms. The molecule has 0 radical (unpaired) electrons. The zero-order valence-electron chi connectivity index (χ0n) is 42.1. The van der Waals surface area contributed by atoms with Crippen molar-refractivity contribution >= 4 is 35.3 Å². The van der Waals surface area contributed by atoms with Crippen molar-refractivity contribution in [3.63, 3.8) is 0 Å². The number of amidine groups is 1. The van der Waals surface area contributed by atoms with Crippen LogP contribution < -0.4 is 20.3 Å². The minimum atomic E-state index is -0.464. The third-order valence-corrected chi connectivity index (χ3v) is 13.4. The van der Waals surface area contributed by atoms with E-state index in [4.69, 9.17) is 24.2 Å². The van der Waals surface area contributed by atoms with E-state index in [-0.39, 0.29) is 12.0 Å². The molecule has 2 aliphatic heterocycles. The highest BCUT2D eigenvalue weighted by Gasteiger charge is 2.34. The Bertz CT molecular complexity index is 3020. The number of guanidine groups is 1. The molecule has 3 aromatic carbocycles. The summed E-state index contributed by atoms with van der Waals surface area (Å²) < 4.78 is 19.4. The first-order valence-corrected chi connectivity index (χ1v) is 25.3. The van der Waals surface area contributed by atoms with Gasteiger partial charge < -0.3 is 29.7 Å². The van der Waals surface area contributed by atoms with Gasteiger partial charge in [0.05, 0.1) is 24.2 Å². The van der Waals surface area contributed by atoms with Gasteiger partial charge in [0, 0.05) is 41.2 Å². The molecular formula is C63H66N6O3. The van der Waals surface area contributed by atoms with Crippen LogP contribution in [0, 0.1) is 5.92 Å². The number of ether oxygens (including phenoxy) is 3. The number of hydrogen-bond acceptors (Lipinski definition) is 9. The summed E-state index contributed by atoms with van der Waals surface area (Å²) in [4.78, 5) is 15.3. The Hall–Kier alpha value is -8.04. The van der Waals surface area contributed by atoms with Crippen molar-refractivity contribution in [3.05, 3.63) is 239 Å². The van der Waals surface area contributed by atoms with Crippen LogP contribution in [0.3, 0.4) is 0 Å². The van der Waals surface area contributed by atoms with Crippen molar-refractivity contribution in [2.45, 2.75) is 78.0 Å². The first-order valence-electron chi connectivity index (χ1n) is 25.3. The number of para-hydroxylation sites is 3. The quantitative estimate of drug-likeness (QED) is 0.103. The summed E-state index contributed by atoms with van der Waals surface area (Å²) in [6.45, 7) is 15.3. The van der Waals surface area contributed by atoms with E-state index in [1.165, 1.54) is 22.5 Å². The fraction of sp³-hybridized carbons (Fsp3) is 0.238. The molecule has 2 unspecified atom stereocenters. The van der Waals surface area contributed by atoms with Gasteiger partial charge in [-0.05, 0) is 124 Å². The molecule has 2 N–H and O–H groups in total. The summed E-state index contributed by atoms with van der Waals surface area (Å²) in [7, 11) is 1.81. The minimum absolute atomic E-state index is 0.0481. The summed E-state index contributed by atoms with van der Waals surface area (Å²) in [6.07, 6.45) is 44.0. The maximum atomic E-state index is 6.63. The Balaban J connectivity index is 1.01. The number of nitrogens with one attached hydrogen (secondary N) is 2. The molecule has 0 aromatic heterocycles. The van der Waals surface area contributed by atoms with E-state index in [0.717, 1.165) is 95.1 Å². The third-order valence-electron chi connectivity index (χ3n) is 13.4. The normalized spacial score (nSPS) is 20.1. The van der Waals surface area contributed by atoms with Gasteiger partial charge in [-0.1, -0.05) is 147 Å². The molecule has 9 rings (SSSR count). The Labute approximate surface area is 426 Å². The van der Waals surface area contributed by atoms with Crippen LogP contribution >= 0.6 is 0 Å². The second-order valence-electron chi connectivity index (χ2n) is 18.2. The topological polar surface area (TPSA) is 83.0 Å². The van der Waals surface area contributed by atoms with Gasteiger partial charge in [-0.2, -0.15) is 0 Å². The lowest BCUT2D eigenvalue weighted by Gasteiger charge is -2.36. The number of aliphatic imine (C=N–C) groups is 2. The molecule has 0 amide bonds. The van der Waals surface area contributed by atoms with Crippen molar-refractivity contribution in [3.8, 4) is 11.5 Å².